The summed E-state index contributed by atoms with van der Waals surface area (Å²) in [6.07, 6.45) is 2.01. The smallest absolute Gasteiger partial charge is 0.0460 e. The van der Waals surface area contributed by atoms with Crippen LogP contribution in [0.3, 0.4) is 0 Å². The molecule has 1 heteroatoms. The van der Waals surface area contributed by atoms with Crippen LogP contribution >= 0.6 is 0 Å². The Balaban J connectivity index is 1.27. The molecule has 200 valence electrons. The van der Waals surface area contributed by atoms with Gasteiger partial charge < -0.3 is 4.98 Å². The fraction of sp³-hybridized carbons (Fsp3) is 0. The number of aromatic amines is 1. The predicted octanol–water partition coefficient (Wildman–Crippen LogP) is 11.8. The standard InChI is InChI=1S/C42H27N/c1-2-10-32-30(9-1)25-39(34-12-4-3-11-33(32)34)27-17-20-29(21-18-27)41-35-13-5-7-15-37(35)42(38-16-8-6-14-36(38)41)31-22-19-28-23-24-43-40(28)26-31/h1-26,43H. The van der Waals surface area contributed by atoms with Crippen molar-refractivity contribution in [3.63, 3.8) is 0 Å². The Morgan fingerprint density at radius 2 is 0.837 bits per heavy atom. The number of H-pyrrole nitrogens is 1. The van der Waals surface area contributed by atoms with Crippen LogP contribution in [0.25, 0.3) is 87.4 Å². The SMILES string of the molecule is c1ccc2c(c1)cc(-c1ccc(-c3c4ccccc4c(-c4ccc5cc[nH]c5c4)c4ccccc34)cc1)c1ccccc12. The molecule has 0 aliphatic carbocycles. The van der Waals surface area contributed by atoms with Crippen molar-refractivity contribution < 1.29 is 0 Å². The summed E-state index contributed by atoms with van der Waals surface area (Å²) in [6.45, 7) is 0. The van der Waals surface area contributed by atoms with Gasteiger partial charge in [-0.1, -0.05) is 133 Å². The van der Waals surface area contributed by atoms with Crippen LogP contribution < -0.4 is 0 Å². The molecule has 8 aromatic carbocycles. The molecule has 0 atom stereocenters. The van der Waals surface area contributed by atoms with Gasteiger partial charge in [-0.2, -0.15) is 0 Å². The zero-order valence-electron chi connectivity index (χ0n) is 23.5. The Bertz CT molecular complexity index is 2440. The molecule has 0 amide bonds. The van der Waals surface area contributed by atoms with E-state index in [1.807, 2.05) is 6.20 Å². The number of benzene rings is 8. The van der Waals surface area contributed by atoms with Crippen LogP contribution in [0.15, 0.2) is 158 Å². The number of rotatable bonds is 3. The first-order chi connectivity index (χ1) is 21.3. The topological polar surface area (TPSA) is 15.8 Å². The van der Waals surface area contributed by atoms with Gasteiger partial charge in [0.25, 0.3) is 0 Å². The number of fused-ring (bicyclic) bond motifs is 6. The van der Waals surface area contributed by atoms with Gasteiger partial charge in [0.05, 0.1) is 0 Å². The minimum atomic E-state index is 1.16. The van der Waals surface area contributed by atoms with E-state index in [2.05, 4.69) is 157 Å². The molecule has 0 spiro atoms. The highest BCUT2D eigenvalue weighted by molar-refractivity contribution is 6.22. The number of nitrogens with one attached hydrogen (secondary N) is 1. The van der Waals surface area contributed by atoms with Crippen molar-refractivity contribution in [3.05, 3.63) is 158 Å². The molecule has 0 saturated carbocycles. The van der Waals surface area contributed by atoms with Crippen molar-refractivity contribution in [2.75, 3.05) is 0 Å². The molecule has 1 heterocycles. The Morgan fingerprint density at radius 1 is 0.326 bits per heavy atom. The maximum Gasteiger partial charge on any atom is 0.0460 e. The second-order valence-electron chi connectivity index (χ2n) is 11.4. The van der Waals surface area contributed by atoms with Crippen LogP contribution in [-0.4, -0.2) is 4.98 Å². The second-order valence-corrected chi connectivity index (χ2v) is 11.4. The highest BCUT2D eigenvalue weighted by atomic mass is 14.7. The van der Waals surface area contributed by atoms with E-state index in [0.29, 0.717) is 0 Å². The molecule has 0 aliphatic rings. The van der Waals surface area contributed by atoms with Crippen molar-refractivity contribution in [2.24, 2.45) is 0 Å². The lowest BCUT2D eigenvalue weighted by atomic mass is 9.85. The summed E-state index contributed by atoms with van der Waals surface area (Å²) < 4.78 is 0. The lowest BCUT2D eigenvalue weighted by Crippen LogP contribution is -1.91. The zero-order chi connectivity index (χ0) is 28.3. The molecule has 1 N–H and O–H groups in total. The van der Waals surface area contributed by atoms with Crippen molar-refractivity contribution in [1.29, 1.82) is 0 Å². The summed E-state index contributed by atoms with van der Waals surface area (Å²) >= 11 is 0. The van der Waals surface area contributed by atoms with Crippen LogP contribution in [0, 0.1) is 0 Å². The Kier molecular flexibility index (Phi) is 5.27. The van der Waals surface area contributed by atoms with Gasteiger partial charge in [0.1, 0.15) is 0 Å². The molecule has 0 bridgehead atoms. The van der Waals surface area contributed by atoms with E-state index in [9.17, 15) is 0 Å². The first kappa shape index (κ1) is 24.0. The van der Waals surface area contributed by atoms with Crippen LogP contribution in [0.2, 0.25) is 0 Å². The number of hydrogen-bond acceptors (Lipinski definition) is 0. The molecule has 0 radical (unpaired) electrons. The third kappa shape index (κ3) is 3.72. The van der Waals surface area contributed by atoms with E-state index in [4.69, 9.17) is 0 Å². The van der Waals surface area contributed by atoms with Crippen LogP contribution in [-0.2, 0) is 0 Å². The molecule has 0 aliphatic heterocycles. The number of hydrogen-bond donors (Lipinski definition) is 1. The summed E-state index contributed by atoms with van der Waals surface area (Å²) in [5.41, 5.74) is 8.68. The fourth-order valence-corrected chi connectivity index (χ4v) is 7.06. The van der Waals surface area contributed by atoms with E-state index in [1.165, 1.54) is 81.9 Å². The highest BCUT2D eigenvalue weighted by Gasteiger charge is 2.17. The van der Waals surface area contributed by atoms with E-state index < -0.39 is 0 Å². The van der Waals surface area contributed by atoms with Gasteiger partial charge in [0.2, 0.25) is 0 Å². The minimum absolute atomic E-state index is 1.16. The maximum absolute atomic E-state index is 3.40. The van der Waals surface area contributed by atoms with Gasteiger partial charge >= 0.3 is 0 Å². The predicted molar refractivity (Wildman–Crippen MR) is 185 cm³/mol. The second kappa shape index (κ2) is 9.44. The third-order valence-corrected chi connectivity index (χ3v) is 9.03. The molecular formula is C42H27N. The lowest BCUT2D eigenvalue weighted by molar-refractivity contribution is 1.48. The van der Waals surface area contributed by atoms with E-state index in [-0.39, 0.29) is 0 Å². The minimum Gasteiger partial charge on any atom is -0.361 e. The summed E-state index contributed by atoms with van der Waals surface area (Å²) in [5.74, 6) is 0. The van der Waals surface area contributed by atoms with Gasteiger partial charge in [-0.15, -0.1) is 0 Å². The number of aromatic nitrogens is 1. The Hall–Kier alpha value is -5.66. The van der Waals surface area contributed by atoms with Gasteiger partial charge in [-0.05, 0) is 100 Å². The van der Waals surface area contributed by atoms with Crippen molar-refractivity contribution >= 4 is 54.0 Å². The van der Waals surface area contributed by atoms with Gasteiger partial charge in [-0.25, -0.2) is 0 Å². The normalized spacial score (nSPS) is 11.7. The van der Waals surface area contributed by atoms with Crippen LogP contribution in [0.1, 0.15) is 0 Å². The first-order valence-electron chi connectivity index (χ1n) is 14.9. The molecule has 1 aromatic heterocycles. The Morgan fingerprint density at radius 3 is 1.51 bits per heavy atom. The quantitative estimate of drug-likeness (QED) is 0.168. The summed E-state index contributed by atoms with van der Waals surface area (Å²) in [7, 11) is 0. The molecule has 0 saturated heterocycles. The fourth-order valence-electron chi connectivity index (χ4n) is 7.06. The molecule has 1 nitrogen and oxygen atoms in total. The van der Waals surface area contributed by atoms with E-state index >= 15 is 0 Å². The summed E-state index contributed by atoms with van der Waals surface area (Å²) in [4.78, 5) is 3.40. The average Bonchev–Trinajstić information content (AvgIpc) is 3.55. The summed E-state index contributed by atoms with van der Waals surface area (Å²) in [5, 5.41) is 11.5. The van der Waals surface area contributed by atoms with Gasteiger partial charge in [0, 0.05) is 11.7 Å². The third-order valence-electron chi connectivity index (χ3n) is 9.03. The van der Waals surface area contributed by atoms with E-state index in [1.54, 1.807) is 0 Å². The lowest BCUT2D eigenvalue weighted by Gasteiger charge is -2.18. The maximum atomic E-state index is 3.40. The van der Waals surface area contributed by atoms with Gasteiger partial charge in [-0.3, -0.25) is 0 Å². The van der Waals surface area contributed by atoms with Crippen molar-refractivity contribution in [3.8, 4) is 33.4 Å². The van der Waals surface area contributed by atoms with Gasteiger partial charge in [0.15, 0.2) is 0 Å². The van der Waals surface area contributed by atoms with Crippen LogP contribution in [0.5, 0.6) is 0 Å². The molecule has 9 aromatic rings. The summed E-state index contributed by atoms with van der Waals surface area (Å²) in [6, 6.07) is 55.6. The highest BCUT2D eigenvalue weighted by Crippen LogP contribution is 2.44. The molecule has 9 rings (SSSR count). The largest absolute Gasteiger partial charge is 0.361 e. The van der Waals surface area contributed by atoms with E-state index in [0.717, 1.165) is 5.52 Å². The Labute approximate surface area is 249 Å². The monoisotopic (exact) mass is 545 g/mol. The van der Waals surface area contributed by atoms with Crippen molar-refractivity contribution in [2.45, 2.75) is 0 Å². The molecule has 43 heavy (non-hydrogen) atoms. The molecule has 0 unspecified atom stereocenters. The molecular weight excluding hydrogens is 518 g/mol. The van der Waals surface area contributed by atoms with Crippen molar-refractivity contribution in [1.82, 2.24) is 4.98 Å². The van der Waals surface area contributed by atoms with Crippen LogP contribution in [0.4, 0.5) is 0 Å². The zero-order valence-corrected chi connectivity index (χ0v) is 23.5. The first-order valence-corrected chi connectivity index (χ1v) is 14.9. The molecule has 0 fully saturated rings. The average molecular weight is 546 g/mol.